The van der Waals surface area contributed by atoms with Crippen LogP contribution in [0.5, 0.6) is 0 Å². The van der Waals surface area contributed by atoms with Gasteiger partial charge in [-0.15, -0.1) is 11.3 Å². The normalized spacial score (nSPS) is 23.7. The summed E-state index contributed by atoms with van der Waals surface area (Å²) in [5, 5.41) is 12.1. The monoisotopic (exact) mass is 318 g/mol. The van der Waals surface area contributed by atoms with Gasteiger partial charge in [0.25, 0.3) is 0 Å². The van der Waals surface area contributed by atoms with Gasteiger partial charge < -0.3 is 10.0 Å². The Labute approximate surface area is 113 Å². The molecule has 1 unspecified atom stereocenters. The smallest absolute Gasteiger partial charge is 0.326 e. The summed E-state index contributed by atoms with van der Waals surface area (Å²) in [5.41, 5.74) is -0.220. The van der Waals surface area contributed by atoms with Crippen LogP contribution in [0.25, 0.3) is 0 Å². The van der Waals surface area contributed by atoms with Gasteiger partial charge >= 0.3 is 5.97 Å². The average Bonchev–Trinajstić information content (AvgIpc) is 2.62. The van der Waals surface area contributed by atoms with Crippen LogP contribution in [0.3, 0.4) is 0 Å². The first kappa shape index (κ1) is 12.8. The third-order valence-electron chi connectivity index (χ3n) is 3.22. The minimum Gasteiger partial charge on any atom is -0.480 e. The number of carboxylic acid groups (broad SMARTS) is 1. The molecule has 1 atom stereocenters. The van der Waals surface area contributed by atoms with E-state index < -0.39 is 12.0 Å². The zero-order valence-corrected chi connectivity index (χ0v) is 12.2. The summed E-state index contributed by atoms with van der Waals surface area (Å²) in [6.07, 6.45) is 1.95. The number of thiazole rings is 1. The molecule has 0 spiro atoms. The van der Waals surface area contributed by atoms with Crippen molar-refractivity contribution in [3.05, 3.63) is 9.98 Å². The van der Waals surface area contributed by atoms with Crippen molar-refractivity contribution in [2.45, 2.75) is 32.7 Å². The molecule has 2 rings (SSSR count). The molecule has 0 aliphatic carbocycles. The lowest BCUT2D eigenvalue weighted by atomic mass is 9.76. The minimum atomic E-state index is -0.763. The number of aliphatic carboxylic acids is 1. The van der Waals surface area contributed by atoms with Gasteiger partial charge in [-0.05, 0) is 34.2 Å². The van der Waals surface area contributed by atoms with Gasteiger partial charge in [-0.3, -0.25) is 0 Å². The van der Waals surface area contributed by atoms with Gasteiger partial charge in [0.05, 0.1) is 0 Å². The molecule has 1 saturated heterocycles. The number of piperidine rings is 1. The molecule has 0 bridgehead atoms. The molecule has 1 aromatic heterocycles. The van der Waals surface area contributed by atoms with E-state index in [4.69, 9.17) is 0 Å². The van der Waals surface area contributed by atoms with Gasteiger partial charge in [-0.2, -0.15) is 0 Å². The lowest BCUT2D eigenvalue weighted by Gasteiger charge is -2.43. The van der Waals surface area contributed by atoms with E-state index in [1.54, 1.807) is 0 Å². The maximum Gasteiger partial charge on any atom is 0.326 e. The number of nitrogens with zero attached hydrogens (tertiary/aromatic N) is 2. The first-order chi connectivity index (χ1) is 7.92. The molecule has 17 heavy (non-hydrogen) atoms. The molecule has 6 heteroatoms. The largest absolute Gasteiger partial charge is 0.480 e. The molecule has 1 fully saturated rings. The summed E-state index contributed by atoms with van der Waals surface area (Å²) in [7, 11) is 0. The third kappa shape index (κ3) is 2.47. The van der Waals surface area contributed by atoms with Gasteiger partial charge in [0, 0.05) is 11.9 Å². The first-order valence-electron chi connectivity index (χ1n) is 5.52. The standard InChI is InChI=1S/C11H15BrN2O2S/c1-11(2)4-3-5-14(8(11)9(15)16)10-13-7(12)6-17-10/h6,8H,3-5H2,1-2H3,(H,15,16). The van der Waals surface area contributed by atoms with Gasteiger partial charge in [0.15, 0.2) is 5.13 Å². The van der Waals surface area contributed by atoms with Crippen molar-refractivity contribution < 1.29 is 9.90 Å². The number of hydrogen-bond donors (Lipinski definition) is 1. The van der Waals surface area contributed by atoms with E-state index in [-0.39, 0.29) is 5.41 Å². The molecule has 0 aromatic carbocycles. The highest BCUT2D eigenvalue weighted by molar-refractivity contribution is 9.10. The van der Waals surface area contributed by atoms with Crippen LogP contribution in [-0.2, 0) is 4.79 Å². The third-order valence-corrected chi connectivity index (χ3v) is 4.80. The number of carbonyl (C=O) groups is 1. The van der Waals surface area contributed by atoms with E-state index in [1.165, 1.54) is 11.3 Å². The highest BCUT2D eigenvalue weighted by Gasteiger charge is 2.43. The zero-order chi connectivity index (χ0) is 12.6. The number of aromatic nitrogens is 1. The van der Waals surface area contributed by atoms with E-state index in [9.17, 15) is 9.90 Å². The number of hydrogen-bond acceptors (Lipinski definition) is 4. The van der Waals surface area contributed by atoms with Crippen molar-refractivity contribution in [3.8, 4) is 0 Å². The van der Waals surface area contributed by atoms with Crippen LogP contribution in [0.2, 0.25) is 0 Å². The highest BCUT2D eigenvalue weighted by Crippen LogP contribution is 2.39. The molecule has 94 valence electrons. The SMILES string of the molecule is CC1(C)CCCN(c2nc(Br)cs2)C1C(=O)O. The van der Waals surface area contributed by atoms with Crippen molar-refractivity contribution in [1.29, 1.82) is 0 Å². The maximum atomic E-state index is 11.5. The summed E-state index contributed by atoms with van der Waals surface area (Å²) in [6, 6.07) is -0.491. The summed E-state index contributed by atoms with van der Waals surface area (Å²) in [6.45, 7) is 4.79. The Balaban J connectivity index is 2.34. The second-order valence-electron chi connectivity index (χ2n) is 4.98. The summed E-state index contributed by atoms with van der Waals surface area (Å²) >= 11 is 4.79. The van der Waals surface area contributed by atoms with Crippen molar-refractivity contribution in [2.75, 3.05) is 11.4 Å². The Bertz CT molecular complexity index is 433. The Morgan fingerprint density at radius 2 is 2.41 bits per heavy atom. The lowest BCUT2D eigenvalue weighted by molar-refractivity contribution is -0.142. The molecular weight excluding hydrogens is 304 g/mol. The predicted octanol–water partition coefficient (Wildman–Crippen LogP) is 2.99. The fourth-order valence-electron chi connectivity index (χ4n) is 2.44. The Morgan fingerprint density at radius 3 is 2.94 bits per heavy atom. The molecular formula is C11H15BrN2O2S. The second kappa shape index (κ2) is 4.57. The van der Waals surface area contributed by atoms with Crippen LogP contribution >= 0.6 is 27.3 Å². The second-order valence-corrected chi connectivity index (χ2v) is 6.63. The van der Waals surface area contributed by atoms with E-state index in [0.717, 1.165) is 29.1 Å². The Kier molecular flexibility index (Phi) is 3.45. The number of carboxylic acids is 1. The molecule has 2 heterocycles. The van der Waals surface area contributed by atoms with Gasteiger partial charge in [-0.25, -0.2) is 9.78 Å². The molecule has 0 saturated carbocycles. The Hall–Kier alpha value is -0.620. The first-order valence-corrected chi connectivity index (χ1v) is 7.19. The summed E-state index contributed by atoms with van der Waals surface area (Å²) in [4.78, 5) is 17.7. The summed E-state index contributed by atoms with van der Waals surface area (Å²) < 4.78 is 0.769. The fraction of sp³-hybridized carbons (Fsp3) is 0.636. The van der Waals surface area contributed by atoms with Crippen LogP contribution in [0.15, 0.2) is 9.98 Å². The fourth-order valence-corrected chi connectivity index (χ4v) is 3.75. The topological polar surface area (TPSA) is 53.4 Å². The molecule has 1 aliphatic rings. The van der Waals surface area contributed by atoms with Crippen LogP contribution in [0.1, 0.15) is 26.7 Å². The van der Waals surface area contributed by atoms with Crippen LogP contribution < -0.4 is 4.90 Å². The molecule has 1 aliphatic heterocycles. The highest BCUT2D eigenvalue weighted by atomic mass is 79.9. The predicted molar refractivity (Wildman–Crippen MR) is 71.6 cm³/mol. The number of anilines is 1. The lowest BCUT2D eigenvalue weighted by Crippen LogP contribution is -2.54. The molecule has 1 N–H and O–H groups in total. The van der Waals surface area contributed by atoms with E-state index in [1.807, 2.05) is 24.1 Å². The van der Waals surface area contributed by atoms with Crippen molar-refractivity contribution >= 4 is 38.4 Å². The Morgan fingerprint density at radius 1 is 1.71 bits per heavy atom. The minimum absolute atomic E-state index is 0.220. The van der Waals surface area contributed by atoms with E-state index >= 15 is 0 Å². The van der Waals surface area contributed by atoms with Crippen molar-refractivity contribution in [1.82, 2.24) is 4.98 Å². The van der Waals surface area contributed by atoms with Crippen LogP contribution in [0.4, 0.5) is 5.13 Å². The van der Waals surface area contributed by atoms with E-state index in [0.29, 0.717) is 0 Å². The molecule has 0 amide bonds. The van der Waals surface area contributed by atoms with Gasteiger partial charge in [0.1, 0.15) is 10.6 Å². The van der Waals surface area contributed by atoms with Crippen LogP contribution in [0, 0.1) is 5.41 Å². The quantitative estimate of drug-likeness (QED) is 0.910. The van der Waals surface area contributed by atoms with Crippen LogP contribution in [-0.4, -0.2) is 28.6 Å². The molecule has 1 aromatic rings. The maximum absolute atomic E-state index is 11.5. The van der Waals surface area contributed by atoms with Gasteiger partial charge in [-0.1, -0.05) is 13.8 Å². The molecule has 4 nitrogen and oxygen atoms in total. The number of rotatable bonds is 2. The van der Waals surface area contributed by atoms with Crippen molar-refractivity contribution in [2.24, 2.45) is 5.41 Å². The molecule has 0 radical (unpaired) electrons. The van der Waals surface area contributed by atoms with E-state index in [2.05, 4.69) is 20.9 Å². The number of halogens is 1. The van der Waals surface area contributed by atoms with Crippen molar-refractivity contribution in [3.63, 3.8) is 0 Å². The zero-order valence-electron chi connectivity index (χ0n) is 9.81. The average molecular weight is 319 g/mol. The van der Waals surface area contributed by atoms with Gasteiger partial charge in [0.2, 0.25) is 0 Å². The summed E-state index contributed by atoms with van der Waals surface area (Å²) in [5.74, 6) is -0.763.